The number of pyridine rings is 1. The molecule has 0 amide bonds. The Balaban J connectivity index is 1.82. The van der Waals surface area contributed by atoms with E-state index >= 15 is 0 Å². The average Bonchev–Trinajstić information content (AvgIpc) is 2.97. The molecule has 2 unspecified atom stereocenters. The van der Waals surface area contributed by atoms with Gasteiger partial charge in [0.15, 0.2) is 0 Å². The smallest absolute Gasteiger partial charge is 0.119 e. The van der Waals surface area contributed by atoms with Crippen molar-refractivity contribution in [2.24, 2.45) is 0 Å². The van der Waals surface area contributed by atoms with Crippen molar-refractivity contribution in [1.29, 1.82) is 0 Å². The highest BCUT2D eigenvalue weighted by atomic mass is 16.5. The molecule has 136 valence electrons. The fourth-order valence-corrected chi connectivity index (χ4v) is 4.28. The molecule has 4 rings (SSSR count). The molecular formula is C22H27N3O. The third-order valence-corrected chi connectivity index (χ3v) is 5.98. The molecule has 3 aromatic rings. The van der Waals surface area contributed by atoms with E-state index in [9.17, 15) is 0 Å². The minimum Gasteiger partial charge on any atom is -0.497 e. The van der Waals surface area contributed by atoms with E-state index < -0.39 is 0 Å². The zero-order valence-corrected chi connectivity index (χ0v) is 16.1. The second-order valence-electron chi connectivity index (χ2n) is 7.40. The molecule has 0 saturated carbocycles. The molecule has 2 aromatic heterocycles. The number of benzene rings is 1. The van der Waals surface area contributed by atoms with Crippen LogP contribution in [0.1, 0.15) is 36.7 Å². The van der Waals surface area contributed by atoms with Crippen LogP contribution in [0.15, 0.2) is 42.7 Å². The lowest BCUT2D eigenvalue weighted by Crippen LogP contribution is -2.38. The molecule has 2 atom stereocenters. The Morgan fingerprint density at radius 1 is 1.23 bits per heavy atom. The topological polar surface area (TPSA) is 30.3 Å². The Labute approximate surface area is 155 Å². The van der Waals surface area contributed by atoms with Crippen LogP contribution in [-0.2, 0) is 19.4 Å². The SMILES string of the molecule is COc1ccc2c(c1)c1c(n2CCc2cccnc2)CC(C)N(C)C1C. The van der Waals surface area contributed by atoms with Crippen molar-refractivity contribution in [1.82, 2.24) is 14.5 Å². The largest absolute Gasteiger partial charge is 0.497 e. The Hall–Kier alpha value is -2.33. The number of aromatic nitrogens is 2. The van der Waals surface area contributed by atoms with Crippen LogP contribution in [0.4, 0.5) is 0 Å². The van der Waals surface area contributed by atoms with E-state index in [1.165, 1.54) is 27.7 Å². The summed E-state index contributed by atoms with van der Waals surface area (Å²) in [5.41, 5.74) is 5.54. The maximum Gasteiger partial charge on any atom is 0.119 e. The van der Waals surface area contributed by atoms with E-state index in [0.717, 1.165) is 25.1 Å². The first-order valence-electron chi connectivity index (χ1n) is 9.40. The Kier molecular flexibility index (Phi) is 4.45. The van der Waals surface area contributed by atoms with Gasteiger partial charge in [-0.2, -0.15) is 0 Å². The summed E-state index contributed by atoms with van der Waals surface area (Å²) in [5, 5.41) is 1.33. The van der Waals surface area contributed by atoms with Gasteiger partial charge >= 0.3 is 0 Å². The van der Waals surface area contributed by atoms with Gasteiger partial charge < -0.3 is 9.30 Å². The van der Waals surface area contributed by atoms with Crippen LogP contribution < -0.4 is 4.74 Å². The molecule has 0 bridgehead atoms. The lowest BCUT2D eigenvalue weighted by atomic mass is 9.93. The van der Waals surface area contributed by atoms with Gasteiger partial charge in [-0.05, 0) is 62.7 Å². The molecular weight excluding hydrogens is 322 g/mol. The summed E-state index contributed by atoms with van der Waals surface area (Å²) >= 11 is 0. The first-order chi connectivity index (χ1) is 12.6. The highest BCUT2D eigenvalue weighted by Gasteiger charge is 2.31. The summed E-state index contributed by atoms with van der Waals surface area (Å²) < 4.78 is 8.03. The molecule has 0 fully saturated rings. The summed E-state index contributed by atoms with van der Waals surface area (Å²) in [6.07, 6.45) is 5.89. The first kappa shape index (κ1) is 17.1. The van der Waals surface area contributed by atoms with Crippen molar-refractivity contribution in [3.63, 3.8) is 0 Å². The molecule has 4 heteroatoms. The number of aryl methyl sites for hydroxylation is 2. The fraction of sp³-hybridized carbons (Fsp3) is 0.409. The van der Waals surface area contributed by atoms with Gasteiger partial charge in [-0.1, -0.05) is 6.07 Å². The third-order valence-electron chi connectivity index (χ3n) is 5.98. The number of rotatable bonds is 4. The van der Waals surface area contributed by atoms with Crippen LogP contribution >= 0.6 is 0 Å². The van der Waals surface area contributed by atoms with Gasteiger partial charge in [0.25, 0.3) is 0 Å². The number of likely N-dealkylation sites (N-methyl/N-ethyl adjacent to an activating group) is 1. The Morgan fingerprint density at radius 2 is 2.08 bits per heavy atom. The van der Waals surface area contributed by atoms with Crippen molar-refractivity contribution in [2.75, 3.05) is 14.2 Å². The Morgan fingerprint density at radius 3 is 2.81 bits per heavy atom. The number of methoxy groups -OCH3 is 1. The molecule has 0 spiro atoms. The minimum absolute atomic E-state index is 0.406. The quantitative estimate of drug-likeness (QED) is 0.706. The van der Waals surface area contributed by atoms with Crippen molar-refractivity contribution in [2.45, 2.75) is 45.3 Å². The summed E-state index contributed by atoms with van der Waals surface area (Å²) in [6, 6.07) is 11.6. The van der Waals surface area contributed by atoms with Crippen LogP contribution in [0.25, 0.3) is 10.9 Å². The van der Waals surface area contributed by atoms with Gasteiger partial charge in [0.2, 0.25) is 0 Å². The van der Waals surface area contributed by atoms with E-state index in [1.54, 1.807) is 7.11 Å². The predicted octanol–water partition coefficient (Wildman–Crippen LogP) is 4.23. The van der Waals surface area contributed by atoms with Crippen LogP contribution in [0.2, 0.25) is 0 Å². The summed E-state index contributed by atoms with van der Waals surface area (Å²) in [5.74, 6) is 0.929. The van der Waals surface area contributed by atoms with E-state index in [-0.39, 0.29) is 0 Å². The molecule has 1 aliphatic rings. The van der Waals surface area contributed by atoms with Gasteiger partial charge in [0, 0.05) is 54.0 Å². The van der Waals surface area contributed by atoms with E-state index in [0.29, 0.717) is 12.1 Å². The number of hydrogen-bond donors (Lipinski definition) is 0. The molecule has 1 aromatic carbocycles. The number of hydrogen-bond acceptors (Lipinski definition) is 3. The van der Waals surface area contributed by atoms with Gasteiger partial charge in [0.05, 0.1) is 7.11 Å². The van der Waals surface area contributed by atoms with Gasteiger partial charge in [-0.3, -0.25) is 9.88 Å². The molecule has 4 nitrogen and oxygen atoms in total. The number of fused-ring (bicyclic) bond motifs is 3. The normalized spacial score (nSPS) is 20.3. The second kappa shape index (κ2) is 6.76. The summed E-state index contributed by atoms with van der Waals surface area (Å²) in [6.45, 7) is 5.62. The van der Waals surface area contributed by atoms with Crippen molar-refractivity contribution in [3.8, 4) is 5.75 Å². The molecule has 0 N–H and O–H groups in total. The van der Waals surface area contributed by atoms with Crippen LogP contribution in [-0.4, -0.2) is 34.7 Å². The van der Waals surface area contributed by atoms with Crippen LogP contribution in [0, 0.1) is 0 Å². The number of nitrogens with zero attached hydrogens (tertiary/aromatic N) is 3. The van der Waals surface area contributed by atoms with Crippen molar-refractivity contribution < 1.29 is 4.74 Å². The van der Waals surface area contributed by atoms with E-state index in [4.69, 9.17) is 4.74 Å². The summed E-state index contributed by atoms with van der Waals surface area (Å²) in [4.78, 5) is 6.74. The molecule has 26 heavy (non-hydrogen) atoms. The molecule has 0 saturated heterocycles. The lowest BCUT2D eigenvalue weighted by Gasteiger charge is -2.36. The fourth-order valence-electron chi connectivity index (χ4n) is 4.28. The maximum absolute atomic E-state index is 5.50. The van der Waals surface area contributed by atoms with Crippen LogP contribution in [0.3, 0.4) is 0 Å². The van der Waals surface area contributed by atoms with Gasteiger partial charge in [0.1, 0.15) is 5.75 Å². The highest BCUT2D eigenvalue weighted by molar-refractivity contribution is 5.87. The van der Waals surface area contributed by atoms with Gasteiger partial charge in [-0.25, -0.2) is 0 Å². The van der Waals surface area contributed by atoms with E-state index in [2.05, 4.69) is 59.6 Å². The van der Waals surface area contributed by atoms with E-state index in [1.807, 2.05) is 18.5 Å². The van der Waals surface area contributed by atoms with Gasteiger partial charge in [-0.15, -0.1) is 0 Å². The minimum atomic E-state index is 0.406. The lowest BCUT2D eigenvalue weighted by molar-refractivity contribution is 0.177. The standard InChI is InChI=1S/C22H27N3O/c1-15-12-21-22(16(2)24(15)3)19-13-18(26-4)7-8-20(19)25(21)11-9-17-6-5-10-23-14-17/h5-8,10,13-16H,9,11-12H2,1-4H3. The average molecular weight is 349 g/mol. The molecule has 0 aliphatic carbocycles. The predicted molar refractivity (Wildman–Crippen MR) is 106 cm³/mol. The Bertz CT molecular complexity index is 916. The van der Waals surface area contributed by atoms with Crippen molar-refractivity contribution >= 4 is 10.9 Å². The number of ether oxygens (including phenoxy) is 1. The highest BCUT2D eigenvalue weighted by Crippen LogP contribution is 2.40. The summed E-state index contributed by atoms with van der Waals surface area (Å²) in [7, 11) is 3.97. The monoisotopic (exact) mass is 349 g/mol. The first-order valence-corrected chi connectivity index (χ1v) is 9.40. The molecule has 3 heterocycles. The van der Waals surface area contributed by atoms with Crippen LogP contribution in [0.5, 0.6) is 5.75 Å². The molecule has 0 radical (unpaired) electrons. The maximum atomic E-state index is 5.50. The second-order valence-corrected chi connectivity index (χ2v) is 7.40. The zero-order chi connectivity index (χ0) is 18.3. The zero-order valence-electron chi connectivity index (χ0n) is 16.1. The van der Waals surface area contributed by atoms with Crippen molar-refractivity contribution in [3.05, 3.63) is 59.5 Å². The molecule has 1 aliphatic heterocycles. The third kappa shape index (κ3) is 2.78.